The Labute approximate surface area is 161 Å². The molecule has 27 heavy (non-hydrogen) atoms. The van der Waals surface area contributed by atoms with Crippen molar-refractivity contribution in [1.29, 1.82) is 0 Å². The molecule has 2 aromatic rings. The van der Waals surface area contributed by atoms with Crippen LogP contribution in [-0.4, -0.2) is 53.1 Å². The summed E-state index contributed by atoms with van der Waals surface area (Å²) in [5.41, 5.74) is 2.64. The van der Waals surface area contributed by atoms with Gasteiger partial charge < -0.3 is 14.4 Å². The van der Waals surface area contributed by atoms with E-state index >= 15 is 0 Å². The van der Waals surface area contributed by atoms with Crippen LogP contribution in [0, 0.1) is 13.8 Å². The molecule has 0 aromatic heterocycles. The number of sulfonamides is 1. The van der Waals surface area contributed by atoms with E-state index in [-0.39, 0.29) is 0 Å². The fraction of sp³-hybridized carbons (Fsp3) is 0.400. The predicted molar refractivity (Wildman–Crippen MR) is 106 cm³/mol. The van der Waals surface area contributed by atoms with Gasteiger partial charge in [0.2, 0.25) is 10.0 Å². The number of benzene rings is 2. The second-order valence-electron chi connectivity index (χ2n) is 6.70. The lowest BCUT2D eigenvalue weighted by Crippen LogP contribution is -2.48. The molecule has 1 aliphatic heterocycles. The highest BCUT2D eigenvalue weighted by atomic mass is 32.2. The molecule has 0 unspecified atom stereocenters. The Morgan fingerprint density at radius 3 is 2.22 bits per heavy atom. The Bertz CT molecular complexity index is 920. The molecule has 0 radical (unpaired) electrons. The summed E-state index contributed by atoms with van der Waals surface area (Å²) in [6.45, 7) is 5.78. The first kappa shape index (κ1) is 19.5. The largest absolute Gasteiger partial charge is 0.497 e. The van der Waals surface area contributed by atoms with Crippen molar-refractivity contribution in [1.82, 2.24) is 4.31 Å². The minimum Gasteiger partial charge on any atom is -0.497 e. The molecule has 6 nitrogen and oxygen atoms in total. The second kappa shape index (κ2) is 7.78. The molecule has 0 amide bonds. The van der Waals surface area contributed by atoms with Gasteiger partial charge in [-0.3, -0.25) is 0 Å². The third kappa shape index (κ3) is 3.89. The molecule has 0 atom stereocenters. The Morgan fingerprint density at radius 2 is 1.59 bits per heavy atom. The van der Waals surface area contributed by atoms with E-state index in [0.29, 0.717) is 31.1 Å². The summed E-state index contributed by atoms with van der Waals surface area (Å²) in [5.74, 6) is 1.50. The lowest BCUT2D eigenvalue weighted by molar-refractivity contribution is 0.376. The summed E-state index contributed by atoms with van der Waals surface area (Å²) in [6, 6.07) is 11.2. The molecule has 2 aromatic carbocycles. The van der Waals surface area contributed by atoms with Crippen LogP contribution in [0.5, 0.6) is 11.5 Å². The molecule has 1 fully saturated rings. The van der Waals surface area contributed by atoms with Crippen molar-refractivity contribution < 1.29 is 17.9 Å². The minimum atomic E-state index is -3.50. The molecule has 0 bridgehead atoms. The average molecular weight is 391 g/mol. The van der Waals surface area contributed by atoms with E-state index in [0.717, 1.165) is 28.3 Å². The van der Waals surface area contributed by atoms with Gasteiger partial charge in [0.1, 0.15) is 11.5 Å². The maximum absolute atomic E-state index is 13.1. The first-order valence-electron chi connectivity index (χ1n) is 8.91. The fourth-order valence-electron chi connectivity index (χ4n) is 3.34. The minimum absolute atomic E-state index is 0.398. The van der Waals surface area contributed by atoms with Crippen LogP contribution in [0.2, 0.25) is 0 Å². The van der Waals surface area contributed by atoms with E-state index in [9.17, 15) is 8.42 Å². The molecule has 0 saturated carbocycles. The fourth-order valence-corrected chi connectivity index (χ4v) is 5.07. The van der Waals surface area contributed by atoms with Crippen LogP contribution in [0.25, 0.3) is 0 Å². The summed E-state index contributed by atoms with van der Waals surface area (Å²) in [6.07, 6.45) is 0. The van der Waals surface area contributed by atoms with Crippen molar-refractivity contribution >= 4 is 15.7 Å². The number of methoxy groups -OCH3 is 2. The molecule has 0 spiro atoms. The zero-order valence-electron chi connectivity index (χ0n) is 16.2. The molecule has 0 aliphatic carbocycles. The van der Waals surface area contributed by atoms with Gasteiger partial charge in [-0.05, 0) is 43.2 Å². The first-order chi connectivity index (χ1) is 12.9. The van der Waals surface area contributed by atoms with Crippen LogP contribution >= 0.6 is 0 Å². The standard InChI is InChI=1S/C20H26N2O4S/c1-15-5-6-16(2)20(13-15)27(23,24)22-11-9-21(10-12-22)18-14-17(25-3)7-8-19(18)26-4/h5-8,13-14H,9-12H2,1-4H3. The maximum Gasteiger partial charge on any atom is 0.243 e. The zero-order chi connectivity index (χ0) is 19.6. The predicted octanol–water partition coefficient (Wildman–Crippen LogP) is 2.83. The number of ether oxygens (including phenoxy) is 2. The van der Waals surface area contributed by atoms with Crippen LogP contribution in [0.3, 0.4) is 0 Å². The van der Waals surface area contributed by atoms with Crippen molar-refractivity contribution in [3.8, 4) is 11.5 Å². The van der Waals surface area contributed by atoms with E-state index in [4.69, 9.17) is 9.47 Å². The van der Waals surface area contributed by atoms with Gasteiger partial charge in [0.25, 0.3) is 0 Å². The molecule has 1 saturated heterocycles. The zero-order valence-corrected chi connectivity index (χ0v) is 17.0. The van der Waals surface area contributed by atoms with Gasteiger partial charge in [-0.15, -0.1) is 0 Å². The molecule has 7 heteroatoms. The Morgan fingerprint density at radius 1 is 0.889 bits per heavy atom. The van der Waals surface area contributed by atoms with Crippen molar-refractivity contribution in [3.63, 3.8) is 0 Å². The van der Waals surface area contributed by atoms with E-state index in [1.807, 2.05) is 44.2 Å². The van der Waals surface area contributed by atoms with Crippen LogP contribution in [0.4, 0.5) is 5.69 Å². The molecule has 1 aliphatic rings. The van der Waals surface area contributed by atoms with Gasteiger partial charge in [-0.2, -0.15) is 4.31 Å². The topological polar surface area (TPSA) is 59.1 Å². The Balaban J connectivity index is 1.80. The summed E-state index contributed by atoms with van der Waals surface area (Å²) in [7, 11) is -0.242. The molecule has 3 rings (SSSR count). The van der Waals surface area contributed by atoms with Gasteiger partial charge in [-0.1, -0.05) is 12.1 Å². The lowest BCUT2D eigenvalue weighted by Gasteiger charge is -2.36. The van der Waals surface area contributed by atoms with E-state index in [1.54, 1.807) is 24.6 Å². The third-order valence-corrected chi connectivity index (χ3v) is 6.97. The number of anilines is 1. The highest BCUT2D eigenvalue weighted by Gasteiger charge is 2.30. The SMILES string of the molecule is COc1ccc(OC)c(N2CCN(S(=O)(=O)c3cc(C)ccc3C)CC2)c1. The van der Waals surface area contributed by atoms with Gasteiger partial charge in [0.05, 0.1) is 24.8 Å². The van der Waals surface area contributed by atoms with Gasteiger partial charge in [0.15, 0.2) is 0 Å². The van der Waals surface area contributed by atoms with E-state index in [2.05, 4.69) is 4.90 Å². The van der Waals surface area contributed by atoms with Crippen molar-refractivity contribution in [3.05, 3.63) is 47.5 Å². The third-order valence-electron chi connectivity index (χ3n) is 4.93. The van der Waals surface area contributed by atoms with Crippen molar-refractivity contribution in [2.24, 2.45) is 0 Å². The average Bonchev–Trinajstić information content (AvgIpc) is 2.69. The van der Waals surface area contributed by atoms with Gasteiger partial charge in [-0.25, -0.2) is 8.42 Å². The second-order valence-corrected chi connectivity index (χ2v) is 8.60. The Hall–Kier alpha value is -2.25. The summed E-state index contributed by atoms with van der Waals surface area (Å²) < 4.78 is 38.5. The summed E-state index contributed by atoms with van der Waals surface area (Å²) in [4.78, 5) is 2.53. The lowest BCUT2D eigenvalue weighted by atomic mass is 10.2. The van der Waals surface area contributed by atoms with Crippen LogP contribution < -0.4 is 14.4 Å². The first-order valence-corrected chi connectivity index (χ1v) is 10.3. The summed E-state index contributed by atoms with van der Waals surface area (Å²) >= 11 is 0. The number of piperazine rings is 1. The van der Waals surface area contributed by atoms with Crippen molar-refractivity contribution in [2.45, 2.75) is 18.7 Å². The number of hydrogen-bond acceptors (Lipinski definition) is 5. The monoisotopic (exact) mass is 390 g/mol. The number of hydrogen-bond donors (Lipinski definition) is 0. The van der Waals surface area contributed by atoms with E-state index in [1.165, 1.54) is 0 Å². The van der Waals surface area contributed by atoms with Crippen LogP contribution in [-0.2, 0) is 10.0 Å². The summed E-state index contributed by atoms with van der Waals surface area (Å²) in [5, 5.41) is 0. The van der Waals surface area contributed by atoms with E-state index < -0.39 is 10.0 Å². The quantitative estimate of drug-likeness (QED) is 0.786. The number of nitrogens with zero attached hydrogens (tertiary/aromatic N) is 2. The van der Waals surface area contributed by atoms with Crippen LogP contribution in [0.15, 0.2) is 41.3 Å². The van der Waals surface area contributed by atoms with Crippen molar-refractivity contribution in [2.75, 3.05) is 45.3 Å². The van der Waals surface area contributed by atoms with Gasteiger partial charge >= 0.3 is 0 Å². The molecular formula is C20H26N2O4S. The highest BCUT2D eigenvalue weighted by Crippen LogP contribution is 2.33. The highest BCUT2D eigenvalue weighted by molar-refractivity contribution is 7.89. The smallest absolute Gasteiger partial charge is 0.243 e. The molecule has 146 valence electrons. The van der Waals surface area contributed by atoms with Crippen LogP contribution in [0.1, 0.15) is 11.1 Å². The number of aryl methyl sites for hydroxylation is 2. The normalized spacial score (nSPS) is 15.6. The molecule has 1 heterocycles. The molecule has 0 N–H and O–H groups in total. The molecular weight excluding hydrogens is 364 g/mol. The van der Waals surface area contributed by atoms with Gasteiger partial charge in [0, 0.05) is 32.2 Å². The maximum atomic E-state index is 13.1. The Kier molecular flexibility index (Phi) is 5.62. The number of rotatable bonds is 5.